The Balaban J connectivity index is 1.84. The van der Waals surface area contributed by atoms with Gasteiger partial charge < -0.3 is 0 Å². The number of rotatable bonds is 8. The zero-order valence-electron chi connectivity index (χ0n) is 17.8. The van der Waals surface area contributed by atoms with Crippen molar-refractivity contribution in [3.8, 4) is 11.1 Å². The van der Waals surface area contributed by atoms with Crippen LogP contribution in [-0.2, 0) is 16.6 Å². The number of nitrogens with one attached hydrogen (secondary N) is 1. The molecule has 4 nitrogen and oxygen atoms in total. The summed E-state index contributed by atoms with van der Waals surface area (Å²) >= 11 is 0. The van der Waals surface area contributed by atoms with Crippen LogP contribution in [0.3, 0.4) is 0 Å². The van der Waals surface area contributed by atoms with Crippen molar-refractivity contribution in [1.82, 2.24) is 4.90 Å². The minimum absolute atomic E-state index is 0.0623. The molecule has 1 N–H and O–H groups in total. The van der Waals surface area contributed by atoms with Crippen molar-refractivity contribution < 1.29 is 17.2 Å². The van der Waals surface area contributed by atoms with Gasteiger partial charge in [0.2, 0.25) is 0 Å². The maximum Gasteiger partial charge on any atom is 0.261 e. The summed E-state index contributed by atoms with van der Waals surface area (Å²) in [4.78, 5) is 2.32. The number of hydrogen-bond donors (Lipinski definition) is 1. The first-order chi connectivity index (χ1) is 14.7. The first-order valence-electron chi connectivity index (χ1n) is 10.1. The molecule has 0 saturated heterocycles. The average molecular weight is 445 g/mol. The van der Waals surface area contributed by atoms with E-state index in [4.69, 9.17) is 0 Å². The van der Waals surface area contributed by atoms with Crippen molar-refractivity contribution in [2.45, 2.75) is 32.2 Å². The van der Waals surface area contributed by atoms with Crippen LogP contribution in [0, 0.1) is 18.6 Å². The van der Waals surface area contributed by atoms with Crippen molar-refractivity contribution >= 4 is 15.7 Å². The third kappa shape index (κ3) is 5.29. The number of benzene rings is 3. The van der Waals surface area contributed by atoms with Crippen LogP contribution in [0.5, 0.6) is 0 Å². The fourth-order valence-electron chi connectivity index (χ4n) is 3.39. The summed E-state index contributed by atoms with van der Waals surface area (Å²) in [6, 6.07) is 14.7. The highest BCUT2D eigenvalue weighted by Crippen LogP contribution is 2.27. The summed E-state index contributed by atoms with van der Waals surface area (Å²) in [6.45, 7) is 8.64. The van der Waals surface area contributed by atoms with Gasteiger partial charge in [0, 0.05) is 18.2 Å². The normalized spacial score (nSPS) is 11.7. The molecule has 0 atom stereocenters. The van der Waals surface area contributed by atoms with Gasteiger partial charge in [-0.15, -0.1) is 0 Å². The minimum atomic E-state index is -3.83. The van der Waals surface area contributed by atoms with Gasteiger partial charge in [-0.2, -0.15) is 0 Å². The molecule has 0 radical (unpaired) electrons. The molecule has 0 unspecified atom stereocenters. The van der Waals surface area contributed by atoms with E-state index in [2.05, 4.69) is 23.5 Å². The van der Waals surface area contributed by atoms with E-state index in [0.717, 1.165) is 36.8 Å². The molecule has 0 heterocycles. The predicted octanol–water partition coefficient (Wildman–Crippen LogP) is 5.58. The molecule has 0 saturated carbocycles. The third-order valence-corrected chi connectivity index (χ3v) is 6.77. The maximum atomic E-state index is 14.0. The van der Waals surface area contributed by atoms with Crippen LogP contribution < -0.4 is 4.72 Å². The van der Waals surface area contributed by atoms with E-state index in [1.165, 1.54) is 36.4 Å². The SMILES string of the molecule is CCN(CC)Cc1cccc(NS(=O)(=O)c2ccc(-c3ccc(F)cc3F)cc2)c1C. The third-order valence-electron chi connectivity index (χ3n) is 5.39. The zero-order chi connectivity index (χ0) is 22.6. The molecule has 3 aromatic carbocycles. The van der Waals surface area contributed by atoms with Crippen molar-refractivity contribution in [3.63, 3.8) is 0 Å². The highest BCUT2D eigenvalue weighted by molar-refractivity contribution is 7.92. The van der Waals surface area contributed by atoms with Crippen molar-refractivity contribution in [3.05, 3.63) is 83.4 Å². The van der Waals surface area contributed by atoms with Crippen LogP contribution in [0.2, 0.25) is 0 Å². The fourth-order valence-corrected chi connectivity index (χ4v) is 4.52. The summed E-state index contributed by atoms with van der Waals surface area (Å²) in [5.74, 6) is -1.36. The van der Waals surface area contributed by atoms with Gasteiger partial charge in [0.1, 0.15) is 11.6 Å². The second-order valence-corrected chi connectivity index (χ2v) is 8.99. The predicted molar refractivity (Wildman–Crippen MR) is 120 cm³/mol. The van der Waals surface area contributed by atoms with E-state index in [-0.39, 0.29) is 10.5 Å². The number of hydrogen-bond acceptors (Lipinski definition) is 3. The molecule has 0 aliphatic rings. The monoisotopic (exact) mass is 444 g/mol. The summed E-state index contributed by atoms with van der Waals surface area (Å²) in [5, 5.41) is 0. The molecule has 164 valence electrons. The van der Waals surface area contributed by atoms with Crippen LogP contribution in [0.4, 0.5) is 14.5 Å². The molecule has 0 spiro atoms. The molecule has 3 aromatic rings. The highest BCUT2D eigenvalue weighted by atomic mass is 32.2. The van der Waals surface area contributed by atoms with Gasteiger partial charge in [-0.05, 0) is 67.0 Å². The van der Waals surface area contributed by atoms with Crippen LogP contribution in [-0.4, -0.2) is 26.4 Å². The molecule has 31 heavy (non-hydrogen) atoms. The van der Waals surface area contributed by atoms with Gasteiger partial charge in [-0.25, -0.2) is 17.2 Å². The summed E-state index contributed by atoms with van der Waals surface area (Å²) < 4.78 is 55.6. The summed E-state index contributed by atoms with van der Waals surface area (Å²) in [6.07, 6.45) is 0. The molecule has 7 heteroatoms. The standard InChI is InChI=1S/C24H26F2N2O2S/c1-4-28(5-2)16-19-7-6-8-24(17(19)3)27-31(29,30)21-12-9-18(10-13-21)22-14-11-20(25)15-23(22)26/h6-15,27H,4-5,16H2,1-3H3. The summed E-state index contributed by atoms with van der Waals surface area (Å²) in [5.41, 5.74) is 3.14. The van der Waals surface area contributed by atoms with Gasteiger partial charge in [-0.1, -0.05) is 38.1 Å². The van der Waals surface area contributed by atoms with Crippen LogP contribution in [0.25, 0.3) is 11.1 Å². The Morgan fingerprint density at radius 3 is 2.23 bits per heavy atom. The van der Waals surface area contributed by atoms with Crippen molar-refractivity contribution in [2.75, 3.05) is 17.8 Å². The molecule has 0 amide bonds. The lowest BCUT2D eigenvalue weighted by atomic mass is 10.1. The van der Waals surface area contributed by atoms with Gasteiger partial charge in [-0.3, -0.25) is 9.62 Å². The smallest absolute Gasteiger partial charge is 0.261 e. The Labute approximate surface area is 182 Å². The molecular weight excluding hydrogens is 418 g/mol. The first-order valence-corrected chi connectivity index (χ1v) is 11.6. The van der Waals surface area contributed by atoms with E-state index in [1.807, 2.05) is 19.1 Å². The number of nitrogens with zero attached hydrogens (tertiary/aromatic N) is 1. The first kappa shape index (κ1) is 22.9. The van der Waals surface area contributed by atoms with E-state index < -0.39 is 21.7 Å². The van der Waals surface area contributed by atoms with E-state index in [0.29, 0.717) is 11.3 Å². The summed E-state index contributed by atoms with van der Waals surface area (Å²) in [7, 11) is -3.83. The largest absolute Gasteiger partial charge is 0.300 e. The van der Waals surface area contributed by atoms with E-state index in [1.54, 1.807) is 6.07 Å². The van der Waals surface area contributed by atoms with Gasteiger partial charge >= 0.3 is 0 Å². The van der Waals surface area contributed by atoms with Crippen molar-refractivity contribution in [2.24, 2.45) is 0 Å². The lowest BCUT2D eigenvalue weighted by molar-refractivity contribution is 0.295. The van der Waals surface area contributed by atoms with Crippen molar-refractivity contribution in [1.29, 1.82) is 0 Å². The quantitative estimate of drug-likeness (QED) is 0.493. The molecular formula is C24H26F2N2O2S. The molecule has 0 aliphatic heterocycles. The second kappa shape index (κ2) is 9.58. The van der Waals surface area contributed by atoms with Gasteiger partial charge in [0.25, 0.3) is 10.0 Å². The topological polar surface area (TPSA) is 49.4 Å². The lowest BCUT2D eigenvalue weighted by Gasteiger charge is -2.21. The average Bonchev–Trinajstić information content (AvgIpc) is 2.74. The van der Waals surface area contributed by atoms with Crippen LogP contribution in [0.15, 0.2) is 65.6 Å². The molecule has 0 aromatic heterocycles. The van der Waals surface area contributed by atoms with Gasteiger partial charge in [0.15, 0.2) is 0 Å². The number of anilines is 1. The highest BCUT2D eigenvalue weighted by Gasteiger charge is 2.17. The molecule has 3 rings (SSSR count). The zero-order valence-corrected chi connectivity index (χ0v) is 18.6. The Bertz CT molecular complexity index is 1160. The molecule has 0 fully saturated rings. The lowest BCUT2D eigenvalue weighted by Crippen LogP contribution is -2.23. The second-order valence-electron chi connectivity index (χ2n) is 7.31. The van der Waals surface area contributed by atoms with Crippen LogP contribution in [0.1, 0.15) is 25.0 Å². The molecule has 0 bridgehead atoms. The Kier molecular flexibility index (Phi) is 7.08. The molecule has 0 aliphatic carbocycles. The number of sulfonamides is 1. The Hall–Kier alpha value is -2.77. The van der Waals surface area contributed by atoms with E-state index >= 15 is 0 Å². The maximum absolute atomic E-state index is 14.0. The van der Waals surface area contributed by atoms with Gasteiger partial charge in [0.05, 0.1) is 10.6 Å². The van der Waals surface area contributed by atoms with Crippen LogP contribution >= 0.6 is 0 Å². The minimum Gasteiger partial charge on any atom is -0.300 e. The fraction of sp³-hybridized carbons (Fsp3) is 0.250. The Morgan fingerprint density at radius 1 is 0.935 bits per heavy atom. The van der Waals surface area contributed by atoms with E-state index in [9.17, 15) is 17.2 Å². The Morgan fingerprint density at radius 2 is 1.61 bits per heavy atom. The number of halogens is 2.